The van der Waals surface area contributed by atoms with Crippen LogP contribution in [0.1, 0.15) is 5.56 Å². The number of benzene rings is 1. The highest BCUT2D eigenvalue weighted by atomic mass is 16.6. The highest BCUT2D eigenvalue weighted by Gasteiger charge is 2.22. The van der Waals surface area contributed by atoms with Gasteiger partial charge in [-0.1, -0.05) is 18.2 Å². The van der Waals surface area contributed by atoms with Gasteiger partial charge in [0.1, 0.15) is 6.10 Å². The van der Waals surface area contributed by atoms with E-state index in [4.69, 9.17) is 9.47 Å². The molecule has 15 heavy (non-hydrogen) atoms. The van der Waals surface area contributed by atoms with Crippen LogP contribution in [-0.2, 0) is 16.1 Å². The SMILES string of the molecule is c1ccc2c(COCC3CO3)c[nH]c2c1. The molecule has 1 aromatic carbocycles. The maximum atomic E-state index is 5.57. The van der Waals surface area contributed by atoms with Crippen molar-refractivity contribution in [1.82, 2.24) is 4.98 Å². The van der Waals surface area contributed by atoms with Gasteiger partial charge in [-0.3, -0.25) is 0 Å². The van der Waals surface area contributed by atoms with Crippen LogP contribution in [0.5, 0.6) is 0 Å². The van der Waals surface area contributed by atoms with Crippen LogP contribution in [0.2, 0.25) is 0 Å². The van der Waals surface area contributed by atoms with E-state index in [2.05, 4.69) is 17.1 Å². The van der Waals surface area contributed by atoms with Gasteiger partial charge in [0.05, 0.1) is 19.8 Å². The van der Waals surface area contributed by atoms with Crippen LogP contribution in [0, 0.1) is 0 Å². The third-order valence-corrected chi connectivity index (χ3v) is 2.64. The molecule has 3 rings (SSSR count). The zero-order valence-corrected chi connectivity index (χ0v) is 8.40. The van der Waals surface area contributed by atoms with Gasteiger partial charge in [0.25, 0.3) is 0 Å². The molecule has 0 amide bonds. The van der Waals surface area contributed by atoms with E-state index in [0.717, 1.165) is 6.61 Å². The number of H-pyrrole nitrogens is 1. The number of aromatic amines is 1. The summed E-state index contributed by atoms with van der Waals surface area (Å²) in [6.07, 6.45) is 2.36. The minimum Gasteiger partial charge on any atom is -0.374 e. The second-order valence-corrected chi connectivity index (χ2v) is 3.83. The van der Waals surface area contributed by atoms with Crippen LogP contribution < -0.4 is 0 Å². The van der Waals surface area contributed by atoms with Gasteiger partial charge in [-0.25, -0.2) is 0 Å². The molecule has 1 fully saturated rings. The average molecular weight is 203 g/mol. The summed E-state index contributed by atoms with van der Waals surface area (Å²) < 4.78 is 10.6. The molecule has 3 heteroatoms. The maximum Gasteiger partial charge on any atom is 0.104 e. The second-order valence-electron chi connectivity index (χ2n) is 3.83. The molecular formula is C12H13NO2. The van der Waals surface area contributed by atoms with Crippen LogP contribution in [0.3, 0.4) is 0 Å². The molecule has 1 unspecified atom stereocenters. The van der Waals surface area contributed by atoms with Gasteiger partial charge in [-0.2, -0.15) is 0 Å². The lowest BCUT2D eigenvalue weighted by atomic mass is 10.2. The van der Waals surface area contributed by atoms with Gasteiger partial charge in [-0.05, 0) is 6.07 Å². The van der Waals surface area contributed by atoms with Crippen LogP contribution in [0.4, 0.5) is 0 Å². The smallest absolute Gasteiger partial charge is 0.104 e. The molecular weight excluding hydrogens is 190 g/mol. The Labute approximate surface area is 88.0 Å². The van der Waals surface area contributed by atoms with Gasteiger partial charge in [0, 0.05) is 22.7 Å². The predicted molar refractivity (Wildman–Crippen MR) is 57.7 cm³/mol. The molecule has 1 atom stereocenters. The Morgan fingerprint density at radius 2 is 2.27 bits per heavy atom. The van der Waals surface area contributed by atoms with Gasteiger partial charge < -0.3 is 14.5 Å². The van der Waals surface area contributed by atoms with E-state index in [0.29, 0.717) is 19.3 Å². The lowest BCUT2D eigenvalue weighted by Gasteiger charge is -2.00. The zero-order chi connectivity index (χ0) is 10.1. The fraction of sp³-hybridized carbons (Fsp3) is 0.333. The summed E-state index contributed by atoms with van der Waals surface area (Å²) in [5.41, 5.74) is 2.38. The summed E-state index contributed by atoms with van der Waals surface area (Å²) in [6.45, 7) is 2.22. The molecule has 3 nitrogen and oxygen atoms in total. The standard InChI is InChI=1S/C12H13NO2/c1-2-4-12-11(3-1)9(5-13-12)6-14-7-10-8-15-10/h1-5,10,13H,6-8H2. The lowest BCUT2D eigenvalue weighted by molar-refractivity contribution is 0.105. The van der Waals surface area contributed by atoms with Crippen LogP contribution in [0.25, 0.3) is 10.9 Å². The fourth-order valence-electron chi connectivity index (χ4n) is 1.72. The van der Waals surface area contributed by atoms with Crippen molar-refractivity contribution in [2.45, 2.75) is 12.7 Å². The first-order valence-electron chi connectivity index (χ1n) is 5.18. The van der Waals surface area contributed by atoms with Gasteiger partial charge >= 0.3 is 0 Å². The average Bonchev–Trinajstić information content (AvgIpc) is 3.00. The number of aromatic nitrogens is 1. The third kappa shape index (κ3) is 1.89. The normalized spacial score (nSPS) is 19.6. The van der Waals surface area contributed by atoms with E-state index in [1.807, 2.05) is 18.3 Å². The van der Waals surface area contributed by atoms with E-state index >= 15 is 0 Å². The van der Waals surface area contributed by atoms with E-state index < -0.39 is 0 Å². The Bertz CT molecular complexity index is 459. The summed E-state index contributed by atoms with van der Waals surface area (Å²) >= 11 is 0. The quantitative estimate of drug-likeness (QED) is 0.772. The number of nitrogens with one attached hydrogen (secondary N) is 1. The first kappa shape index (κ1) is 8.95. The number of ether oxygens (including phenoxy) is 2. The summed E-state index contributed by atoms with van der Waals surface area (Å²) in [4.78, 5) is 3.23. The molecule has 1 saturated heterocycles. The molecule has 1 aromatic heterocycles. The molecule has 1 aliphatic heterocycles. The summed E-state index contributed by atoms with van der Waals surface area (Å²) in [5.74, 6) is 0. The number of fused-ring (bicyclic) bond motifs is 1. The van der Waals surface area contributed by atoms with Crippen molar-refractivity contribution >= 4 is 10.9 Å². The van der Waals surface area contributed by atoms with E-state index in [9.17, 15) is 0 Å². The fourth-order valence-corrected chi connectivity index (χ4v) is 1.72. The largest absolute Gasteiger partial charge is 0.374 e. The molecule has 0 spiro atoms. The lowest BCUT2D eigenvalue weighted by Crippen LogP contribution is -2.00. The molecule has 78 valence electrons. The van der Waals surface area contributed by atoms with Crippen molar-refractivity contribution in [1.29, 1.82) is 0 Å². The highest BCUT2D eigenvalue weighted by Crippen LogP contribution is 2.19. The molecule has 0 bridgehead atoms. The van der Waals surface area contributed by atoms with Gasteiger partial charge in [0.15, 0.2) is 0 Å². The Kier molecular flexibility index (Phi) is 2.19. The van der Waals surface area contributed by atoms with Gasteiger partial charge in [-0.15, -0.1) is 0 Å². The van der Waals surface area contributed by atoms with Crippen LogP contribution in [0.15, 0.2) is 30.5 Å². The monoisotopic (exact) mass is 203 g/mol. The van der Waals surface area contributed by atoms with E-state index in [1.165, 1.54) is 16.5 Å². The van der Waals surface area contributed by atoms with E-state index in [1.54, 1.807) is 0 Å². The maximum absolute atomic E-state index is 5.57. The van der Waals surface area contributed by atoms with Crippen molar-refractivity contribution in [3.8, 4) is 0 Å². The van der Waals surface area contributed by atoms with E-state index in [-0.39, 0.29) is 0 Å². The Balaban J connectivity index is 1.72. The van der Waals surface area contributed by atoms with Crippen LogP contribution in [-0.4, -0.2) is 24.3 Å². The molecule has 2 aromatic rings. The topological polar surface area (TPSA) is 37.5 Å². The number of epoxide rings is 1. The molecule has 2 heterocycles. The summed E-state index contributed by atoms with van der Waals surface area (Å²) in [5, 5.41) is 1.24. The van der Waals surface area contributed by atoms with Crippen molar-refractivity contribution < 1.29 is 9.47 Å². The number of para-hydroxylation sites is 1. The number of rotatable bonds is 4. The van der Waals surface area contributed by atoms with Crippen molar-refractivity contribution in [2.24, 2.45) is 0 Å². The van der Waals surface area contributed by atoms with Crippen molar-refractivity contribution in [2.75, 3.05) is 13.2 Å². The Morgan fingerprint density at radius 1 is 1.40 bits per heavy atom. The molecule has 1 N–H and O–H groups in total. The van der Waals surface area contributed by atoms with Crippen molar-refractivity contribution in [3.05, 3.63) is 36.0 Å². The Hall–Kier alpha value is -1.32. The minimum absolute atomic E-state index is 0.343. The molecule has 0 radical (unpaired) electrons. The summed E-state index contributed by atoms with van der Waals surface area (Å²) in [7, 11) is 0. The molecule has 0 saturated carbocycles. The van der Waals surface area contributed by atoms with Crippen molar-refractivity contribution in [3.63, 3.8) is 0 Å². The summed E-state index contributed by atoms with van der Waals surface area (Å²) in [6, 6.07) is 8.26. The molecule has 1 aliphatic rings. The predicted octanol–water partition coefficient (Wildman–Crippen LogP) is 2.08. The Morgan fingerprint density at radius 3 is 3.13 bits per heavy atom. The number of hydrogen-bond acceptors (Lipinski definition) is 2. The van der Waals surface area contributed by atoms with Gasteiger partial charge in [0.2, 0.25) is 0 Å². The van der Waals surface area contributed by atoms with Crippen LogP contribution >= 0.6 is 0 Å². The number of hydrogen-bond donors (Lipinski definition) is 1. The highest BCUT2D eigenvalue weighted by molar-refractivity contribution is 5.82. The molecule has 0 aliphatic carbocycles. The first-order chi connectivity index (χ1) is 7.43. The zero-order valence-electron chi connectivity index (χ0n) is 8.40. The minimum atomic E-state index is 0.343. The third-order valence-electron chi connectivity index (χ3n) is 2.64. The second kappa shape index (κ2) is 3.68. The first-order valence-corrected chi connectivity index (χ1v) is 5.18.